The lowest BCUT2D eigenvalue weighted by Gasteiger charge is -2.47. The van der Waals surface area contributed by atoms with Crippen LogP contribution in [0, 0.1) is 11.2 Å². The Bertz CT molecular complexity index is 2400. The standard InChI is InChI=1S/C55H70ClFN6S/c1-12-37(7)51-47(59-53(54-58-22-26-64-54)60-52(51)43-21-20-42(57)31-46(43)56)33-61-24-25-62(49(34-61)36(5)6)23-18-16-14-15-17-19-40-28-41-30-50(55(9,10)11)63-32-45(35(3)4)38(8)27-48(63)44(41)29-39(40)13-2/h20-22,26-29,31-32,49-50,52H,3,5,7-8,12-19,23-25,30,33-34H2,1-2,4,6,9-11H3,(H,59,60)/t49?,50?,52-/m0/s1. The Labute approximate surface area is 392 Å². The lowest BCUT2D eigenvalue weighted by Crippen LogP contribution is -2.54. The molecule has 0 spiro atoms. The van der Waals surface area contributed by atoms with E-state index in [2.05, 4.69) is 124 Å². The summed E-state index contributed by atoms with van der Waals surface area (Å²) in [5, 5.41) is 6.80. The van der Waals surface area contributed by atoms with Gasteiger partial charge in [-0.1, -0.05) is 110 Å². The third kappa shape index (κ3) is 10.5. The van der Waals surface area contributed by atoms with Gasteiger partial charge in [-0.15, -0.1) is 11.3 Å². The van der Waals surface area contributed by atoms with Crippen molar-refractivity contribution in [3.05, 3.63) is 163 Å². The van der Waals surface area contributed by atoms with Crippen LogP contribution in [0.2, 0.25) is 5.02 Å². The number of thiazole rings is 1. The molecule has 2 unspecified atom stereocenters. The molecule has 4 aliphatic heterocycles. The molecule has 5 heterocycles. The van der Waals surface area contributed by atoms with Crippen molar-refractivity contribution < 1.29 is 4.39 Å². The number of unbranched alkanes of at least 4 members (excludes halogenated alkanes) is 4. The molecule has 340 valence electrons. The SMILES string of the molecule is C=C(C)C1=CN2C(=CC1=C)c1cc(CC)c(CCCCCCCN3CCN(CC4=C(C(=C)CC)[C@H](c5ccc(F)cc5Cl)N=C(c5nccs5)N4)CC3C(=C)C)cc1CC2C(C)(C)C. The number of benzene rings is 2. The van der Waals surface area contributed by atoms with Crippen LogP contribution in [0.3, 0.4) is 0 Å². The van der Waals surface area contributed by atoms with Gasteiger partial charge in [0.15, 0.2) is 10.8 Å². The van der Waals surface area contributed by atoms with Crippen LogP contribution in [-0.4, -0.2) is 70.3 Å². The monoisotopic (exact) mass is 901 g/mol. The quantitative estimate of drug-likeness (QED) is 0.108. The van der Waals surface area contributed by atoms with E-state index in [0.717, 1.165) is 96.0 Å². The fourth-order valence-corrected chi connectivity index (χ4v) is 10.9. The zero-order valence-corrected chi connectivity index (χ0v) is 41.1. The summed E-state index contributed by atoms with van der Waals surface area (Å²) in [5.41, 5.74) is 15.6. The number of rotatable bonds is 17. The van der Waals surface area contributed by atoms with Crippen LogP contribution in [-0.2, 0) is 19.3 Å². The number of aromatic nitrogens is 1. The van der Waals surface area contributed by atoms with Gasteiger partial charge in [-0.2, -0.15) is 0 Å². The molecule has 0 amide bonds. The normalized spacial score (nSPS) is 20.6. The zero-order chi connectivity index (χ0) is 45.9. The second-order valence-electron chi connectivity index (χ2n) is 19.5. The maximum absolute atomic E-state index is 14.2. The molecule has 4 aliphatic rings. The molecular weight excluding hydrogens is 831 g/mol. The van der Waals surface area contributed by atoms with Crippen LogP contribution < -0.4 is 5.32 Å². The second kappa shape index (κ2) is 20.4. The van der Waals surface area contributed by atoms with E-state index in [-0.39, 0.29) is 17.3 Å². The van der Waals surface area contributed by atoms with Crippen LogP contribution in [0.15, 0.2) is 125 Å². The lowest BCUT2D eigenvalue weighted by molar-refractivity contribution is 0.0956. The maximum Gasteiger partial charge on any atom is 0.163 e. The lowest BCUT2D eigenvalue weighted by atomic mass is 9.75. The summed E-state index contributed by atoms with van der Waals surface area (Å²) in [6, 6.07) is 9.85. The molecule has 0 aliphatic carbocycles. The Hall–Kier alpha value is -4.34. The Morgan fingerprint density at radius 3 is 2.44 bits per heavy atom. The number of hydrogen-bond donors (Lipinski definition) is 1. The van der Waals surface area contributed by atoms with Gasteiger partial charge in [0.1, 0.15) is 11.9 Å². The highest BCUT2D eigenvalue weighted by Crippen LogP contribution is 2.45. The van der Waals surface area contributed by atoms with Crippen molar-refractivity contribution in [3.8, 4) is 0 Å². The van der Waals surface area contributed by atoms with Gasteiger partial charge in [-0.05, 0) is 133 Å². The summed E-state index contributed by atoms with van der Waals surface area (Å²) < 4.78 is 14.2. The summed E-state index contributed by atoms with van der Waals surface area (Å²) in [6.45, 7) is 38.0. The summed E-state index contributed by atoms with van der Waals surface area (Å²) in [7, 11) is 0. The first-order valence-corrected chi connectivity index (χ1v) is 24.8. The molecule has 64 heavy (non-hydrogen) atoms. The molecule has 2 aromatic carbocycles. The van der Waals surface area contributed by atoms with Crippen molar-refractivity contribution in [2.45, 2.75) is 124 Å². The average Bonchev–Trinajstić information content (AvgIpc) is 3.80. The molecule has 1 N–H and O–H groups in total. The van der Waals surface area contributed by atoms with E-state index in [0.29, 0.717) is 23.4 Å². The van der Waals surface area contributed by atoms with E-state index in [9.17, 15) is 4.39 Å². The van der Waals surface area contributed by atoms with Crippen molar-refractivity contribution in [3.63, 3.8) is 0 Å². The maximum atomic E-state index is 14.2. The summed E-state index contributed by atoms with van der Waals surface area (Å²) in [4.78, 5) is 17.4. The number of amidine groups is 1. The van der Waals surface area contributed by atoms with Crippen LogP contribution in [0.25, 0.3) is 5.70 Å². The molecule has 9 heteroatoms. The molecule has 3 atom stereocenters. The minimum Gasteiger partial charge on any atom is -0.343 e. The number of nitrogens with one attached hydrogen (secondary N) is 1. The van der Waals surface area contributed by atoms with Gasteiger partial charge >= 0.3 is 0 Å². The highest BCUT2D eigenvalue weighted by atomic mass is 35.5. The van der Waals surface area contributed by atoms with Gasteiger partial charge in [0.25, 0.3) is 0 Å². The second-order valence-corrected chi connectivity index (χ2v) is 20.8. The number of aryl methyl sites for hydroxylation is 2. The highest BCUT2D eigenvalue weighted by Gasteiger charge is 2.39. The average molecular weight is 902 g/mol. The molecule has 1 aromatic heterocycles. The van der Waals surface area contributed by atoms with Crippen LogP contribution >= 0.6 is 22.9 Å². The molecule has 1 fully saturated rings. The smallest absolute Gasteiger partial charge is 0.163 e. The van der Waals surface area contributed by atoms with E-state index in [1.807, 2.05) is 5.38 Å². The number of piperazine rings is 1. The Kier molecular flexibility index (Phi) is 15.2. The number of nitrogens with zero attached hydrogens (tertiary/aromatic N) is 5. The van der Waals surface area contributed by atoms with Crippen molar-refractivity contribution in [2.75, 3.05) is 32.7 Å². The zero-order valence-electron chi connectivity index (χ0n) is 39.6. The van der Waals surface area contributed by atoms with E-state index < -0.39 is 6.04 Å². The van der Waals surface area contributed by atoms with Crippen LogP contribution in [0.5, 0.6) is 0 Å². The molecule has 6 nitrogen and oxygen atoms in total. The predicted octanol–water partition coefficient (Wildman–Crippen LogP) is 13.2. The summed E-state index contributed by atoms with van der Waals surface area (Å²) in [5.74, 6) is 0.340. The molecule has 0 saturated carbocycles. The minimum atomic E-state index is -0.419. The minimum absolute atomic E-state index is 0.113. The third-order valence-electron chi connectivity index (χ3n) is 13.7. The van der Waals surface area contributed by atoms with Crippen molar-refractivity contribution in [2.24, 2.45) is 10.4 Å². The van der Waals surface area contributed by atoms with Gasteiger partial charge in [0.2, 0.25) is 0 Å². The van der Waals surface area contributed by atoms with Gasteiger partial charge in [-0.3, -0.25) is 14.8 Å². The number of hydrogen-bond acceptors (Lipinski definition) is 7. The van der Waals surface area contributed by atoms with Gasteiger partial charge in [0.05, 0.1) is 0 Å². The van der Waals surface area contributed by atoms with Crippen molar-refractivity contribution >= 4 is 34.5 Å². The third-order valence-corrected chi connectivity index (χ3v) is 14.8. The van der Waals surface area contributed by atoms with Crippen molar-refractivity contribution in [1.82, 2.24) is 25.0 Å². The highest BCUT2D eigenvalue weighted by molar-refractivity contribution is 7.11. The predicted molar refractivity (Wildman–Crippen MR) is 270 cm³/mol. The van der Waals surface area contributed by atoms with Gasteiger partial charge < -0.3 is 10.2 Å². The fraction of sp³-hybridized carbons (Fsp3) is 0.455. The molecule has 3 aromatic rings. The largest absolute Gasteiger partial charge is 0.343 e. The molecule has 0 bridgehead atoms. The number of fused-ring (bicyclic) bond motifs is 3. The summed E-state index contributed by atoms with van der Waals surface area (Å²) in [6.07, 6.45) is 16.5. The molecular formula is C55H70ClFN6S. The van der Waals surface area contributed by atoms with E-state index in [4.69, 9.17) is 16.6 Å². The number of halogens is 2. The molecule has 1 saturated heterocycles. The van der Waals surface area contributed by atoms with E-state index in [1.165, 1.54) is 77.8 Å². The van der Waals surface area contributed by atoms with E-state index in [1.54, 1.807) is 23.6 Å². The molecule has 7 rings (SSSR count). The van der Waals surface area contributed by atoms with Gasteiger partial charge in [-0.25, -0.2) is 9.37 Å². The first kappa shape index (κ1) is 47.6. The van der Waals surface area contributed by atoms with Crippen LogP contribution in [0.1, 0.15) is 126 Å². The first-order valence-electron chi connectivity index (χ1n) is 23.5. The van der Waals surface area contributed by atoms with Gasteiger partial charge in [0, 0.05) is 83.6 Å². The molecule has 0 radical (unpaired) electrons. The van der Waals surface area contributed by atoms with Crippen molar-refractivity contribution in [1.29, 1.82) is 0 Å². The van der Waals surface area contributed by atoms with Crippen LogP contribution in [0.4, 0.5) is 4.39 Å². The Balaban J connectivity index is 0.953. The Morgan fingerprint density at radius 1 is 1.00 bits per heavy atom. The van der Waals surface area contributed by atoms with E-state index >= 15 is 0 Å². The Morgan fingerprint density at radius 2 is 1.77 bits per heavy atom. The fourth-order valence-electron chi connectivity index (χ4n) is 10.1. The first-order chi connectivity index (χ1) is 30.6. The number of aliphatic imine (C=N–C) groups is 1. The summed E-state index contributed by atoms with van der Waals surface area (Å²) >= 11 is 8.25. The number of allylic oxidation sites excluding steroid dienone is 4. The topological polar surface area (TPSA) is 47.0 Å².